The van der Waals surface area contributed by atoms with Crippen LogP contribution < -0.4 is 9.64 Å². The van der Waals surface area contributed by atoms with Gasteiger partial charge in [-0.15, -0.1) is 0 Å². The van der Waals surface area contributed by atoms with Gasteiger partial charge in [-0.2, -0.15) is 0 Å². The largest absolute Gasteiger partial charge is 0.497 e. The number of amides is 1. The third-order valence-electron chi connectivity index (χ3n) is 5.11. The quantitative estimate of drug-likeness (QED) is 0.572. The van der Waals surface area contributed by atoms with Crippen LogP contribution in [0.1, 0.15) is 16.8 Å². The number of rotatable bonds is 7. The molecular weight excluding hydrogens is 405 g/mol. The van der Waals surface area contributed by atoms with E-state index in [9.17, 15) is 9.18 Å². The van der Waals surface area contributed by atoms with E-state index in [4.69, 9.17) is 9.47 Å². The molecule has 1 aromatic heterocycles. The molecule has 0 unspecified atom stereocenters. The van der Waals surface area contributed by atoms with Crippen molar-refractivity contribution in [1.29, 1.82) is 0 Å². The fraction of sp³-hybridized carbons (Fsp3) is 0.364. The fourth-order valence-electron chi connectivity index (χ4n) is 3.45. The maximum atomic E-state index is 13.6. The van der Waals surface area contributed by atoms with Crippen LogP contribution in [-0.2, 0) is 4.74 Å². The number of benzene rings is 2. The van der Waals surface area contributed by atoms with Crippen molar-refractivity contribution in [3.8, 4) is 5.75 Å². The number of aromatic nitrogens is 1. The molecule has 0 saturated carbocycles. The molecule has 1 aliphatic heterocycles. The molecule has 4 rings (SSSR count). The van der Waals surface area contributed by atoms with Crippen molar-refractivity contribution in [2.75, 3.05) is 51.4 Å². The van der Waals surface area contributed by atoms with E-state index in [2.05, 4.69) is 9.88 Å². The lowest BCUT2D eigenvalue weighted by molar-refractivity contribution is 0.0376. The first kappa shape index (κ1) is 20.7. The van der Waals surface area contributed by atoms with E-state index in [1.807, 2.05) is 0 Å². The van der Waals surface area contributed by atoms with E-state index < -0.39 is 0 Å². The number of hydrogen-bond donors (Lipinski definition) is 0. The number of halogens is 1. The zero-order valence-corrected chi connectivity index (χ0v) is 17.7. The van der Waals surface area contributed by atoms with Crippen molar-refractivity contribution in [3.05, 3.63) is 53.8 Å². The highest BCUT2D eigenvalue weighted by Crippen LogP contribution is 2.30. The number of carbonyl (C=O) groups is 1. The molecule has 2 aromatic carbocycles. The van der Waals surface area contributed by atoms with Crippen LogP contribution in [0, 0.1) is 5.82 Å². The second-order valence-corrected chi connectivity index (χ2v) is 8.11. The van der Waals surface area contributed by atoms with Crippen LogP contribution in [0.5, 0.6) is 5.75 Å². The Morgan fingerprint density at radius 3 is 2.73 bits per heavy atom. The molecule has 6 nitrogen and oxygen atoms in total. The molecule has 0 bridgehead atoms. The van der Waals surface area contributed by atoms with Gasteiger partial charge in [-0.05, 0) is 48.9 Å². The molecule has 0 spiro atoms. The van der Waals surface area contributed by atoms with Crippen molar-refractivity contribution in [1.82, 2.24) is 9.88 Å². The zero-order chi connectivity index (χ0) is 20.9. The summed E-state index contributed by atoms with van der Waals surface area (Å²) in [6.45, 7) is 4.73. The second kappa shape index (κ2) is 9.51. The third kappa shape index (κ3) is 4.77. The number of carbonyl (C=O) groups excluding carboxylic acids is 1. The molecule has 1 aliphatic rings. The van der Waals surface area contributed by atoms with Gasteiger partial charge in [0, 0.05) is 31.7 Å². The Morgan fingerprint density at radius 2 is 2.00 bits per heavy atom. The Balaban J connectivity index is 1.56. The number of ether oxygens (including phenoxy) is 2. The average Bonchev–Trinajstić information content (AvgIpc) is 3.20. The summed E-state index contributed by atoms with van der Waals surface area (Å²) in [5.74, 6) is 0.262. The highest BCUT2D eigenvalue weighted by atomic mass is 32.1. The monoisotopic (exact) mass is 429 g/mol. The molecule has 1 fully saturated rings. The van der Waals surface area contributed by atoms with Crippen molar-refractivity contribution >= 4 is 32.6 Å². The lowest BCUT2D eigenvalue weighted by Gasteiger charge is -2.27. The van der Waals surface area contributed by atoms with Gasteiger partial charge in [-0.1, -0.05) is 11.3 Å². The Labute approximate surface area is 178 Å². The predicted molar refractivity (Wildman–Crippen MR) is 116 cm³/mol. The summed E-state index contributed by atoms with van der Waals surface area (Å²) in [6, 6.07) is 11.5. The maximum absolute atomic E-state index is 13.6. The minimum absolute atomic E-state index is 0.126. The van der Waals surface area contributed by atoms with Gasteiger partial charge in [0.25, 0.3) is 5.91 Å². The summed E-state index contributed by atoms with van der Waals surface area (Å²) < 4.78 is 24.9. The summed E-state index contributed by atoms with van der Waals surface area (Å²) in [5, 5.41) is 0.582. The Bertz CT molecular complexity index is 1000. The number of methoxy groups -OCH3 is 1. The number of nitrogens with zero attached hydrogens (tertiary/aromatic N) is 3. The molecule has 1 amide bonds. The molecule has 0 aliphatic carbocycles. The molecule has 0 N–H and O–H groups in total. The van der Waals surface area contributed by atoms with Crippen LogP contribution in [-0.4, -0.2) is 62.3 Å². The SMILES string of the molecule is COc1ccc(C(=O)N(CCCN2CCOCC2)c2nc3ccc(F)cc3s2)cc1. The molecular formula is C22H24FN3O3S. The second-order valence-electron chi connectivity index (χ2n) is 7.10. The number of anilines is 1. The van der Waals surface area contributed by atoms with Crippen LogP contribution in [0.2, 0.25) is 0 Å². The maximum Gasteiger partial charge on any atom is 0.260 e. The molecule has 2 heterocycles. The number of fused-ring (bicyclic) bond motifs is 1. The Morgan fingerprint density at radius 1 is 1.23 bits per heavy atom. The smallest absolute Gasteiger partial charge is 0.260 e. The molecule has 0 atom stereocenters. The summed E-state index contributed by atoms with van der Waals surface area (Å²) in [6.07, 6.45) is 0.812. The summed E-state index contributed by atoms with van der Waals surface area (Å²) in [5.41, 5.74) is 1.25. The van der Waals surface area contributed by atoms with E-state index in [1.165, 1.54) is 23.5 Å². The number of hydrogen-bond acceptors (Lipinski definition) is 6. The topological polar surface area (TPSA) is 54.9 Å². The summed E-state index contributed by atoms with van der Waals surface area (Å²) in [4.78, 5) is 22.0. The lowest BCUT2D eigenvalue weighted by Crippen LogP contribution is -2.39. The Kier molecular flexibility index (Phi) is 6.56. The van der Waals surface area contributed by atoms with Gasteiger partial charge in [-0.3, -0.25) is 14.6 Å². The minimum atomic E-state index is -0.307. The highest BCUT2D eigenvalue weighted by Gasteiger charge is 2.22. The molecule has 3 aromatic rings. The molecule has 0 radical (unpaired) electrons. The number of thiazole rings is 1. The van der Waals surface area contributed by atoms with E-state index in [1.54, 1.807) is 42.3 Å². The van der Waals surface area contributed by atoms with Gasteiger partial charge < -0.3 is 9.47 Å². The van der Waals surface area contributed by atoms with Gasteiger partial charge >= 0.3 is 0 Å². The average molecular weight is 430 g/mol. The van der Waals surface area contributed by atoms with E-state index in [-0.39, 0.29) is 11.7 Å². The number of morpholine rings is 1. The van der Waals surface area contributed by atoms with Crippen LogP contribution in [0.3, 0.4) is 0 Å². The van der Waals surface area contributed by atoms with Gasteiger partial charge in [-0.25, -0.2) is 9.37 Å². The first-order valence-electron chi connectivity index (χ1n) is 9.96. The van der Waals surface area contributed by atoms with Crippen molar-refractivity contribution in [3.63, 3.8) is 0 Å². The van der Waals surface area contributed by atoms with E-state index in [0.29, 0.717) is 28.5 Å². The van der Waals surface area contributed by atoms with Gasteiger partial charge in [0.15, 0.2) is 5.13 Å². The van der Waals surface area contributed by atoms with E-state index in [0.717, 1.165) is 44.0 Å². The van der Waals surface area contributed by atoms with Crippen LogP contribution >= 0.6 is 11.3 Å². The van der Waals surface area contributed by atoms with E-state index >= 15 is 0 Å². The van der Waals surface area contributed by atoms with Crippen LogP contribution in [0.4, 0.5) is 9.52 Å². The van der Waals surface area contributed by atoms with Gasteiger partial charge in [0.1, 0.15) is 11.6 Å². The summed E-state index contributed by atoms with van der Waals surface area (Å²) in [7, 11) is 1.59. The third-order valence-corrected chi connectivity index (χ3v) is 6.15. The highest BCUT2D eigenvalue weighted by molar-refractivity contribution is 7.22. The van der Waals surface area contributed by atoms with Gasteiger partial charge in [0.05, 0.1) is 30.5 Å². The summed E-state index contributed by atoms with van der Waals surface area (Å²) >= 11 is 1.33. The van der Waals surface area contributed by atoms with Crippen molar-refractivity contribution in [2.24, 2.45) is 0 Å². The standard InChI is InChI=1S/C22H24FN3O3S/c1-28-18-6-3-16(4-7-18)21(27)26(10-2-9-25-11-13-29-14-12-25)22-24-19-8-5-17(23)15-20(19)30-22/h3-8,15H,2,9-14H2,1H3. The molecule has 30 heavy (non-hydrogen) atoms. The van der Waals surface area contributed by atoms with Crippen LogP contribution in [0.25, 0.3) is 10.2 Å². The lowest BCUT2D eigenvalue weighted by atomic mass is 10.2. The van der Waals surface area contributed by atoms with Gasteiger partial charge in [0.2, 0.25) is 0 Å². The van der Waals surface area contributed by atoms with Crippen LogP contribution in [0.15, 0.2) is 42.5 Å². The first-order valence-corrected chi connectivity index (χ1v) is 10.8. The van der Waals surface area contributed by atoms with Crippen molar-refractivity contribution in [2.45, 2.75) is 6.42 Å². The fourth-order valence-corrected chi connectivity index (χ4v) is 4.47. The first-order chi connectivity index (χ1) is 14.6. The minimum Gasteiger partial charge on any atom is -0.497 e. The Hall–Kier alpha value is -2.55. The zero-order valence-electron chi connectivity index (χ0n) is 16.8. The normalized spacial score (nSPS) is 14.7. The molecule has 8 heteroatoms. The molecule has 1 saturated heterocycles. The predicted octanol–water partition coefficient (Wildman–Crippen LogP) is 3.81. The molecule has 158 valence electrons. The van der Waals surface area contributed by atoms with Crippen molar-refractivity contribution < 1.29 is 18.7 Å².